The molecule has 2 heterocycles. The first-order chi connectivity index (χ1) is 10.8. The van der Waals surface area contributed by atoms with Crippen LogP contribution >= 0.6 is 0 Å². The van der Waals surface area contributed by atoms with Gasteiger partial charge in [0, 0.05) is 19.3 Å². The molecule has 0 bridgehead atoms. The standard InChI is InChI=1S/C17H26N4O.2Cu.2H2O/c22-17(7-11-18-13-15-5-1-3-9-20-15)8-12-19-14-16-6-2-4-10-21-16;;;;/h1,3,5,13-14,16-17,22H,2,4,6-12H2;;;2*1H2/q-2;2*+2;;/p+1. The number of aliphatic imine (C=N–C) groups is 2. The zero-order chi connectivity index (χ0) is 15.5. The third-order valence-corrected chi connectivity index (χ3v) is 3.74. The van der Waals surface area contributed by atoms with Gasteiger partial charge in [-0.05, 0) is 19.1 Å². The van der Waals surface area contributed by atoms with Crippen LogP contribution in [0.3, 0.4) is 0 Å². The fraction of sp³-hybridized carbons (Fsp3) is 0.647. The predicted molar refractivity (Wildman–Crippen MR) is 102 cm³/mol. The zero-order valence-corrected chi connectivity index (χ0v) is 16.7. The molecule has 2 rings (SSSR count). The molecule has 0 aromatic carbocycles. The van der Waals surface area contributed by atoms with E-state index in [0.717, 1.165) is 25.2 Å². The van der Waals surface area contributed by atoms with Gasteiger partial charge in [-0.15, -0.1) is 24.9 Å². The van der Waals surface area contributed by atoms with Crippen LogP contribution in [-0.2, 0) is 39.6 Å². The van der Waals surface area contributed by atoms with Crippen molar-refractivity contribution < 1.29 is 50.2 Å². The summed E-state index contributed by atoms with van der Waals surface area (Å²) >= 11 is 0. The molecular formula is C17H31Cu2N4O3+3. The quantitative estimate of drug-likeness (QED) is 0.321. The molecule has 0 aliphatic carbocycles. The van der Waals surface area contributed by atoms with E-state index in [9.17, 15) is 5.11 Å². The molecule has 9 heteroatoms. The molecule has 0 aromatic rings. The Hall–Kier alpha value is -0.501. The second-order valence-electron chi connectivity index (χ2n) is 5.65. The molecule has 1 fully saturated rings. The maximum atomic E-state index is 9.90. The van der Waals surface area contributed by atoms with E-state index in [1.54, 1.807) is 6.21 Å². The van der Waals surface area contributed by atoms with Gasteiger partial charge in [0.1, 0.15) is 0 Å². The minimum atomic E-state index is -0.338. The zero-order valence-electron chi connectivity index (χ0n) is 14.8. The monoisotopic (exact) mass is 465 g/mol. The van der Waals surface area contributed by atoms with Crippen LogP contribution in [0.5, 0.6) is 0 Å². The molecule has 0 spiro atoms. The van der Waals surface area contributed by atoms with Gasteiger partial charge >= 0.3 is 34.1 Å². The molecule has 2 aliphatic rings. The van der Waals surface area contributed by atoms with E-state index in [2.05, 4.69) is 20.6 Å². The molecule has 2 unspecified atom stereocenters. The molecule has 26 heavy (non-hydrogen) atoms. The van der Waals surface area contributed by atoms with Crippen molar-refractivity contribution in [1.82, 2.24) is 0 Å². The summed E-state index contributed by atoms with van der Waals surface area (Å²) < 4.78 is 0. The van der Waals surface area contributed by atoms with Crippen LogP contribution in [0.15, 0.2) is 33.9 Å². The van der Waals surface area contributed by atoms with Gasteiger partial charge in [0.2, 0.25) is 0 Å². The normalized spacial score (nSPS) is 20.0. The Morgan fingerprint density at radius 2 is 1.92 bits per heavy atom. The van der Waals surface area contributed by atoms with Crippen LogP contribution in [0.1, 0.15) is 32.1 Å². The van der Waals surface area contributed by atoms with Gasteiger partial charge in [0.25, 0.3) is 0 Å². The number of aliphatic hydroxyl groups is 1. The summed E-state index contributed by atoms with van der Waals surface area (Å²) in [5.41, 5.74) is 0.901. The molecule has 0 saturated carbocycles. The van der Waals surface area contributed by atoms with Crippen LogP contribution in [0.25, 0.3) is 10.6 Å². The third-order valence-electron chi connectivity index (χ3n) is 3.74. The summed E-state index contributed by atoms with van der Waals surface area (Å²) in [6.45, 7) is 2.99. The summed E-state index contributed by atoms with van der Waals surface area (Å²) in [5.74, 6) is 0. The van der Waals surface area contributed by atoms with Crippen molar-refractivity contribution in [2.45, 2.75) is 44.2 Å². The van der Waals surface area contributed by atoms with Crippen molar-refractivity contribution in [2.75, 3.05) is 26.2 Å². The van der Waals surface area contributed by atoms with Crippen molar-refractivity contribution in [3.63, 3.8) is 0 Å². The number of piperidine rings is 1. The molecule has 1 saturated heterocycles. The summed E-state index contributed by atoms with van der Waals surface area (Å²) in [5, 5.41) is 18.7. The number of allylic oxidation sites excluding steroid dienone is 3. The fourth-order valence-corrected chi connectivity index (χ4v) is 2.40. The second-order valence-corrected chi connectivity index (χ2v) is 5.65. The van der Waals surface area contributed by atoms with E-state index in [0.29, 0.717) is 32.0 Å². The van der Waals surface area contributed by atoms with E-state index < -0.39 is 0 Å². The number of rotatable bonds is 8. The molecule has 2 radical (unpaired) electrons. The molecule has 156 valence electrons. The van der Waals surface area contributed by atoms with E-state index in [4.69, 9.17) is 0 Å². The number of aliphatic hydroxyl groups excluding tert-OH is 1. The van der Waals surface area contributed by atoms with Crippen LogP contribution in [0, 0.1) is 0 Å². The van der Waals surface area contributed by atoms with Gasteiger partial charge in [-0.2, -0.15) is 0 Å². The van der Waals surface area contributed by atoms with Gasteiger partial charge < -0.3 is 26.7 Å². The summed E-state index contributed by atoms with van der Waals surface area (Å²) in [6.07, 6.45) is 14.3. The van der Waals surface area contributed by atoms with Crippen molar-refractivity contribution in [2.24, 2.45) is 9.98 Å². The third kappa shape index (κ3) is 13.7. The van der Waals surface area contributed by atoms with Crippen molar-refractivity contribution >= 4 is 12.4 Å². The fourth-order valence-electron chi connectivity index (χ4n) is 2.40. The number of hydrogen-bond acceptors (Lipinski definition) is 3. The Balaban J connectivity index is -0.00000132. The molecule has 0 amide bonds. The predicted octanol–water partition coefficient (Wildman–Crippen LogP) is 1.27. The summed E-state index contributed by atoms with van der Waals surface area (Å²) in [6, 6.07) is 0.303. The maximum absolute atomic E-state index is 9.90. The Bertz CT molecular complexity index is 440. The molecule has 2 atom stereocenters. The maximum Gasteiger partial charge on any atom is 2.00 e. The average molecular weight is 467 g/mol. The second kappa shape index (κ2) is 19.3. The summed E-state index contributed by atoms with van der Waals surface area (Å²) in [4.78, 5) is 8.69. The van der Waals surface area contributed by atoms with Crippen LogP contribution in [0.4, 0.5) is 0 Å². The van der Waals surface area contributed by atoms with E-state index in [-0.39, 0.29) is 51.2 Å². The molecule has 0 aromatic heterocycles. The Labute approximate surface area is 177 Å². The number of hydrogen-bond donors (Lipinski definition) is 1. The van der Waals surface area contributed by atoms with Gasteiger partial charge in [-0.1, -0.05) is 37.5 Å². The molecular weight excluding hydrogens is 435 g/mol. The van der Waals surface area contributed by atoms with Crippen LogP contribution in [0.2, 0.25) is 0 Å². The summed E-state index contributed by atoms with van der Waals surface area (Å²) in [7, 11) is 0. The minimum Gasteiger partial charge on any atom is -0.680 e. The van der Waals surface area contributed by atoms with E-state index >= 15 is 0 Å². The number of nitrogens with zero attached hydrogens (tertiary/aromatic N) is 4. The van der Waals surface area contributed by atoms with Gasteiger partial charge in [-0.3, -0.25) is 9.98 Å². The van der Waals surface area contributed by atoms with Crippen molar-refractivity contribution in [3.05, 3.63) is 34.6 Å². The Kier molecular flexibility index (Phi) is 22.4. The smallest absolute Gasteiger partial charge is 0.680 e. The minimum absolute atomic E-state index is 0. The SMILES string of the molecule is O.OC(CCN=CC1=CC=CC[N-]1)CCN=CC1CCCC[N-]1.[Cu+2].[Cu+2].[OH3+]. The largest absolute Gasteiger partial charge is 2.00 e. The first-order valence-corrected chi connectivity index (χ1v) is 8.23. The Morgan fingerprint density at radius 1 is 1.19 bits per heavy atom. The van der Waals surface area contributed by atoms with Gasteiger partial charge in [0.15, 0.2) is 0 Å². The molecule has 7 nitrogen and oxygen atoms in total. The van der Waals surface area contributed by atoms with Crippen molar-refractivity contribution in [3.8, 4) is 0 Å². The topological polar surface area (TPSA) is 138 Å². The van der Waals surface area contributed by atoms with Crippen LogP contribution < -0.4 is 0 Å². The van der Waals surface area contributed by atoms with Crippen molar-refractivity contribution in [1.29, 1.82) is 0 Å². The van der Waals surface area contributed by atoms with E-state index in [1.807, 2.05) is 24.4 Å². The first kappa shape index (κ1) is 30.2. The molecule has 2 aliphatic heterocycles. The van der Waals surface area contributed by atoms with E-state index in [1.165, 1.54) is 12.8 Å². The first-order valence-electron chi connectivity index (χ1n) is 8.23. The Morgan fingerprint density at radius 3 is 2.54 bits per heavy atom. The van der Waals surface area contributed by atoms with Gasteiger partial charge in [0.05, 0.1) is 6.10 Å². The van der Waals surface area contributed by atoms with Crippen LogP contribution in [-0.4, -0.2) is 61.3 Å². The average Bonchev–Trinajstić information content (AvgIpc) is 2.57. The van der Waals surface area contributed by atoms with Gasteiger partial charge in [-0.25, -0.2) is 0 Å². The molecule has 6 N–H and O–H groups in total.